The van der Waals surface area contributed by atoms with Crippen molar-refractivity contribution in [1.29, 1.82) is 0 Å². The molecule has 4 rings (SSSR count). The van der Waals surface area contributed by atoms with Gasteiger partial charge in [-0.3, -0.25) is 0 Å². The molecule has 2 aliphatic heterocycles. The summed E-state index contributed by atoms with van der Waals surface area (Å²) in [5, 5.41) is 24.6. The van der Waals surface area contributed by atoms with Gasteiger partial charge in [-0.05, 0) is 50.2 Å². The van der Waals surface area contributed by atoms with Crippen molar-refractivity contribution in [3.63, 3.8) is 0 Å². The summed E-state index contributed by atoms with van der Waals surface area (Å²) < 4.78 is 24.8. The maximum Gasteiger partial charge on any atom is 0.344 e. The van der Waals surface area contributed by atoms with Gasteiger partial charge in [-0.25, -0.2) is 14.2 Å². The highest BCUT2D eigenvalue weighted by atomic mass is 32.2. The van der Waals surface area contributed by atoms with E-state index in [1.54, 1.807) is 36.4 Å². The lowest BCUT2D eigenvalue weighted by atomic mass is 9.93. The van der Waals surface area contributed by atoms with Crippen LogP contribution >= 0.6 is 11.8 Å². The van der Waals surface area contributed by atoms with Gasteiger partial charge in [-0.2, -0.15) is 0 Å². The van der Waals surface area contributed by atoms with Crippen LogP contribution in [0.3, 0.4) is 0 Å². The minimum absolute atomic E-state index is 0.0353. The molecule has 1 saturated heterocycles. The van der Waals surface area contributed by atoms with E-state index in [-0.39, 0.29) is 28.7 Å². The summed E-state index contributed by atoms with van der Waals surface area (Å²) in [4.78, 5) is 17.0. The fourth-order valence-corrected chi connectivity index (χ4v) is 4.71. The number of benzene rings is 2. The number of nitrogens with one attached hydrogen (secondary N) is 1. The zero-order valence-electron chi connectivity index (χ0n) is 19.6. The lowest BCUT2D eigenvalue weighted by Gasteiger charge is -2.27. The monoisotopic (exact) mass is 508 g/mol. The fraction of sp³-hybridized carbons (Fsp3) is 0.259. The van der Waals surface area contributed by atoms with Crippen LogP contribution in [0.2, 0.25) is 0 Å². The van der Waals surface area contributed by atoms with E-state index in [1.807, 2.05) is 0 Å². The summed E-state index contributed by atoms with van der Waals surface area (Å²) >= 11 is 1.02. The van der Waals surface area contributed by atoms with Crippen LogP contribution in [0.25, 0.3) is 6.08 Å². The molecule has 7 nitrogen and oxygen atoms in total. The normalized spacial score (nSPS) is 19.2. The predicted octanol–water partition coefficient (Wildman–Crippen LogP) is 4.13. The third-order valence-electron chi connectivity index (χ3n) is 5.61. The average molecular weight is 509 g/mol. The quantitative estimate of drug-likeness (QED) is 0.413. The fourth-order valence-electron chi connectivity index (χ4n) is 3.69. The lowest BCUT2D eigenvalue weighted by Crippen LogP contribution is -2.40. The number of halogens is 1. The standard InChI is InChI=1S/C27H25FN2O5S/c1-34-26(32)23-24(31)22(36-25(23)30-20-9-4-3-8-19(20)28)17-18-7-2-5-10-21(18)35-16-6-11-27(33)12-14-29-15-13-27/h2-5,7-10,17,29,31,33H,12-16H2,1H3/b22-17-,30-25?. The second kappa shape index (κ2) is 11.4. The van der Waals surface area contributed by atoms with Gasteiger partial charge in [0, 0.05) is 5.56 Å². The van der Waals surface area contributed by atoms with Gasteiger partial charge in [0.15, 0.2) is 0 Å². The second-order valence-electron chi connectivity index (χ2n) is 8.10. The summed E-state index contributed by atoms with van der Waals surface area (Å²) in [6.07, 6.45) is 2.77. The SMILES string of the molecule is COC(=O)C1=C(O)/C(=C/c2ccccc2OCC#CC2(O)CCNCC2)SC1=Nc1ccccc1F. The molecule has 186 valence electrons. The number of aliphatic hydroxyl groups excluding tert-OH is 1. The largest absolute Gasteiger partial charge is 0.506 e. The minimum Gasteiger partial charge on any atom is -0.506 e. The number of carbonyl (C=O) groups is 1. The number of ether oxygens (including phenoxy) is 2. The molecule has 2 aliphatic rings. The van der Waals surface area contributed by atoms with Crippen LogP contribution in [-0.4, -0.2) is 53.6 Å². The molecule has 0 spiro atoms. The average Bonchev–Trinajstić information content (AvgIpc) is 3.18. The Morgan fingerprint density at radius 1 is 1.22 bits per heavy atom. The highest BCUT2D eigenvalue weighted by Crippen LogP contribution is 2.41. The summed E-state index contributed by atoms with van der Waals surface area (Å²) in [5.41, 5.74) is -0.485. The molecular formula is C27H25FN2O5S. The number of thioether (sulfide) groups is 1. The third-order valence-corrected chi connectivity index (χ3v) is 6.63. The number of hydrogen-bond donors (Lipinski definition) is 3. The van der Waals surface area contributed by atoms with Gasteiger partial charge in [-0.1, -0.05) is 53.9 Å². The van der Waals surface area contributed by atoms with Crippen molar-refractivity contribution in [2.75, 3.05) is 26.8 Å². The van der Waals surface area contributed by atoms with E-state index in [9.17, 15) is 19.4 Å². The van der Waals surface area contributed by atoms with Gasteiger partial charge in [-0.15, -0.1) is 0 Å². The van der Waals surface area contributed by atoms with Crippen LogP contribution in [0, 0.1) is 17.7 Å². The highest BCUT2D eigenvalue weighted by Gasteiger charge is 2.33. The van der Waals surface area contributed by atoms with Crippen LogP contribution in [0.1, 0.15) is 18.4 Å². The van der Waals surface area contributed by atoms with E-state index in [1.165, 1.54) is 25.3 Å². The van der Waals surface area contributed by atoms with Gasteiger partial charge in [0.2, 0.25) is 0 Å². The first-order chi connectivity index (χ1) is 17.4. The molecule has 3 N–H and O–H groups in total. The molecule has 2 aromatic carbocycles. The molecule has 0 aliphatic carbocycles. The molecule has 0 saturated carbocycles. The topological polar surface area (TPSA) is 100 Å². The Kier molecular flexibility index (Phi) is 8.10. The molecular weight excluding hydrogens is 483 g/mol. The van der Waals surface area contributed by atoms with E-state index < -0.39 is 17.4 Å². The van der Waals surface area contributed by atoms with Crippen molar-refractivity contribution in [2.24, 2.45) is 4.99 Å². The first-order valence-corrected chi connectivity index (χ1v) is 12.1. The van der Waals surface area contributed by atoms with Crippen molar-refractivity contribution in [3.8, 4) is 17.6 Å². The summed E-state index contributed by atoms with van der Waals surface area (Å²) in [6.45, 7) is 1.50. The minimum atomic E-state index is -1.01. The molecule has 0 unspecified atom stereocenters. The molecule has 2 aromatic rings. The molecule has 0 aromatic heterocycles. The summed E-state index contributed by atoms with van der Waals surface area (Å²) in [6, 6.07) is 13.0. The molecule has 0 bridgehead atoms. The van der Waals surface area contributed by atoms with Gasteiger partial charge >= 0.3 is 5.97 Å². The Bertz CT molecular complexity index is 1300. The number of para-hydroxylation sites is 2. The summed E-state index contributed by atoms with van der Waals surface area (Å²) in [7, 11) is 1.19. The molecule has 9 heteroatoms. The number of rotatable bonds is 5. The first kappa shape index (κ1) is 25.5. The van der Waals surface area contributed by atoms with Gasteiger partial charge in [0.05, 0.1) is 12.0 Å². The van der Waals surface area contributed by atoms with Crippen LogP contribution < -0.4 is 10.1 Å². The van der Waals surface area contributed by atoms with Gasteiger partial charge in [0.1, 0.15) is 45.8 Å². The molecule has 36 heavy (non-hydrogen) atoms. The number of nitrogens with zero attached hydrogens (tertiary/aromatic N) is 1. The Hall–Kier alpha value is -3.58. The maximum absolute atomic E-state index is 14.2. The van der Waals surface area contributed by atoms with Gasteiger partial charge in [0.25, 0.3) is 0 Å². The second-order valence-corrected chi connectivity index (χ2v) is 9.13. The van der Waals surface area contributed by atoms with Crippen LogP contribution in [-0.2, 0) is 9.53 Å². The van der Waals surface area contributed by atoms with Crippen LogP contribution in [0.5, 0.6) is 5.75 Å². The number of aliphatic imine (C=N–C) groups is 1. The van der Waals surface area contributed by atoms with Gasteiger partial charge < -0.3 is 25.0 Å². The Morgan fingerprint density at radius 2 is 1.94 bits per heavy atom. The van der Waals surface area contributed by atoms with Crippen molar-refractivity contribution in [1.82, 2.24) is 5.32 Å². The highest BCUT2D eigenvalue weighted by molar-refractivity contribution is 8.18. The number of hydrogen-bond acceptors (Lipinski definition) is 8. The molecule has 0 radical (unpaired) electrons. The number of piperidine rings is 1. The Balaban J connectivity index is 1.59. The number of methoxy groups -OCH3 is 1. The van der Waals surface area contributed by atoms with Crippen molar-refractivity contribution >= 4 is 34.5 Å². The van der Waals surface area contributed by atoms with E-state index in [0.717, 1.165) is 11.8 Å². The number of esters is 1. The lowest BCUT2D eigenvalue weighted by molar-refractivity contribution is -0.135. The van der Waals surface area contributed by atoms with Crippen molar-refractivity contribution < 1.29 is 28.9 Å². The molecule has 0 atom stereocenters. The molecule has 1 fully saturated rings. The van der Waals surface area contributed by atoms with E-state index in [0.29, 0.717) is 42.1 Å². The number of aliphatic hydroxyl groups is 2. The van der Waals surface area contributed by atoms with Crippen molar-refractivity contribution in [2.45, 2.75) is 18.4 Å². The third kappa shape index (κ3) is 5.97. The smallest absolute Gasteiger partial charge is 0.344 e. The molecule has 2 heterocycles. The van der Waals surface area contributed by atoms with Crippen molar-refractivity contribution in [3.05, 3.63) is 76.1 Å². The van der Waals surface area contributed by atoms with E-state index >= 15 is 0 Å². The summed E-state index contributed by atoms with van der Waals surface area (Å²) in [5.74, 6) is 4.65. The predicted molar refractivity (Wildman–Crippen MR) is 138 cm³/mol. The number of carbonyl (C=O) groups excluding carboxylic acids is 1. The van der Waals surface area contributed by atoms with E-state index in [2.05, 4.69) is 22.2 Å². The van der Waals surface area contributed by atoms with E-state index in [4.69, 9.17) is 9.47 Å². The first-order valence-electron chi connectivity index (χ1n) is 11.3. The zero-order chi connectivity index (χ0) is 25.5. The zero-order valence-corrected chi connectivity index (χ0v) is 20.4. The van der Waals surface area contributed by atoms with Crippen LogP contribution in [0.15, 0.2) is 69.8 Å². The Labute approximate surface area is 212 Å². The van der Waals surface area contributed by atoms with Crippen LogP contribution in [0.4, 0.5) is 10.1 Å². The molecule has 0 amide bonds. The maximum atomic E-state index is 14.2. The Morgan fingerprint density at radius 3 is 2.69 bits per heavy atom.